The van der Waals surface area contributed by atoms with Crippen LogP contribution in [0.1, 0.15) is 32.0 Å². The van der Waals surface area contributed by atoms with Crippen molar-refractivity contribution in [2.24, 2.45) is 0 Å². The Hall–Kier alpha value is -1.46. The Morgan fingerprint density at radius 3 is 2.86 bits per heavy atom. The molecule has 0 aliphatic heterocycles. The van der Waals surface area contributed by atoms with Crippen molar-refractivity contribution in [1.82, 2.24) is 20.2 Å². The summed E-state index contributed by atoms with van der Waals surface area (Å²) in [6.45, 7) is 2.69. The van der Waals surface area contributed by atoms with Crippen molar-refractivity contribution in [3.8, 4) is 0 Å². The first-order chi connectivity index (χ1) is 6.69. The first kappa shape index (κ1) is 9.11. The normalized spacial score (nSPS) is 18.1. The molecular formula is C8H12N4O2. The summed E-state index contributed by atoms with van der Waals surface area (Å²) in [5.74, 6) is -0.480. The van der Waals surface area contributed by atoms with Crippen molar-refractivity contribution in [3.63, 3.8) is 0 Å². The fourth-order valence-corrected chi connectivity index (χ4v) is 1.39. The number of tetrazole rings is 1. The van der Waals surface area contributed by atoms with Gasteiger partial charge in [-0.05, 0) is 24.5 Å². The van der Waals surface area contributed by atoms with E-state index in [-0.39, 0.29) is 0 Å². The molecule has 1 aromatic heterocycles. The topological polar surface area (TPSA) is 80.9 Å². The van der Waals surface area contributed by atoms with Gasteiger partial charge in [-0.15, -0.1) is 10.2 Å². The molecule has 1 aliphatic carbocycles. The molecule has 0 radical (unpaired) electrons. The predicted octanol–water partition coefficient (Wildman–Crippen LogP) is 0.199. The summed E-state index contributed by atoms with van der Waals surface area (Å²) in [5.41, 5.74) is -0.827. The first-order valence-corrected chi connectivity index (χ1v) is 4.71. The summed E-state index contributed by atoms with van der Waals surface area (Å²) in [7, 11) is 0. The third kappa shape index (κ3) is 1.26. The smallest absolute Gasteiger partial charge is 0.317 e. The zero-order valence-corrected chi connectivity index (χ0v) is 7.97. The van der Waals surface area contributed by atoms with Crippen LogP contribution in [0.15, 0.2) is 0 Å². The molecule has 6 heteroatoms. The van der Waals surface area contributed by atoms with Gasteiger partial charge in [-0.1, -0.05) is 6.92 Å². The molecule has 1 saturated carbocycles. The van der Waals surface area contributed by atoms with Crippen LogP contribution in [0, 0.1) is 0 Å². The average molecular weight is 196 g/mol. The van der Waals surface area contributed by atoms with Crippen LogP contribution in [0.25, 0.3) is 0 Å². The molecule has 0 spiro atoms. The Bertz CT molecular complexity index is 356. The van der Waals surface area contributed by atoms with Crippen LogP contribution in [0.5, 0.6) is 0 Å². The number of hydrogen-bond donors (Lipinski definition) is 1. The minimum absolute atomic E-state index is 0.360. The van der Waals surface area contributed by atoms with Gasteiger partial charge < -0.3 is 5.11 Å². The van der Waals surface area contributed by atoms with Crippen LogP contribution in [-0.4, -0.2) is 31.3 Å². The van der Waals surface area contributed by atoms with Crippen molar-refractivity contribution < 1.29 is 9.90 Å². The maximum Gasteiger partial charge on any atom is 0.317 e. The Labute approximate surface area is 80.9 Å². The lowest BCUT2D eigenvalue weighted by atomic mass is 10.1. The lowest BCUT2D eigenvalue weighted by Crippen LogP contribution is -2.21. The lowest BCUT2D eigenvalue weighted by Gasteiger charge is -2.01. The maximum absolute atomic E-state index is 10.9. The van der Waals surface area contributed by atoms with Crippen molar-refractivity contribution in [3.05, 3.63) is 5.82 Å². The molecule has 2 rings (SSSR count). The van der Waals surface area contributed by atoms with E-state index >= 15 is 0 Å². The molecule has 14 heavy (non-hydrogen) atoms. The highest BCUT2D eigenvalue weighted by atomic mass is 16.4. The number of rotatable bonds is 4. The van der Waals surface area contributed by atoms with Crippen LogP contribution in [0.3, 0.4) is 0 Å². The Kier molecular flexibility index (Phi) is 1.98. The molecule has 0 bridgehead atoms. The van der Waals surface area contributed by atoms with Crippen molar-refractivity contribution in [2.75, 3.05) is 0 Å². The summed E-state index contributed by atoms with van der Waals surface area (Å²) in [5, 5.41) is 20.6. The number of aliphatic carboxylic acids is 1. The molecule has 1 aliphatic rings. The summed E-state index contributed by atoms with van der Waals surface area (Å²) < 4.78 is 0. The van der Waals surface area contributed by atoms with Gasteiger partial charge in [0.1, 0.15) is 5.41 Å². The summed E-state index contributed by atoms with van der Waals surface area (Å²) in [6.07, 6.45) is 2.16. The largest absolute Gasteiger partial charge is 0.480 e. The number of carbonyl (C=O) groups is 1. The van der Waals surface area contributed by atoms with E-state index in [1.165, 1.54) is 4.80 Å². The first-order valence-electron chi connectivity index (χ1n) is 4.71. The van der Waals surface area contributed by atoms with E-state index in [9.17, 15) is 4.79 Å². The molecule has 1 N–H and O–H groups in total. The van der Waals surface area contributed by atoms with E-state index in [1.54, 1.807) is 0 Å². The van der Waals surface area contributed by atoms with Gasteiger partial charge in [-0.2, -0.15) is 4.80 Å². The quantitative estimate of drug-likeness (QED) is 0.743. The molecule has 0 aromatic carbocycles. The Balaban J connectivity index is 2.21. The second kappa shape index (κ2) is 3.04. The van der Waals surface area contributed by atoms with Crippen LogP contribution < -0.4 is 0 Å². The van der Waals surface area contributed by atoms with Crippen LogP contribution in [0.4, 0.5) is 0 Å². The molecular weight excluding hydrogens is 184 g/mol. The minimum atomic E-state index is -0.839. The van der Waals surface area contributed by atoms with Gasteiger partial charge in [0.2, 0.25) is 0 Å². The van der Waals surface area contributed by atoms with Crippen molar-refractivity contribution in [2.45, 2.75) is 38.1 Å². The molecule has 6 nitrogen and oxygen atoms in total. The zero-order chi connectivity index (χ0) is 10.2. The molecule has 0 saturated heterocycles. The second-order valence-corrected chi connectivity index (χ2v) is 3.60. The van der Waals surface area contributed by atoms with E-state index in [1.807, 2.05) is 6.92 Å². The van der Waals surface area contributed by atoms with Crippen molar-refractivity contribution >= 4 is 5.97 Å². The summed E-state index contributed by atoms with van der Waals surface area (Å²) in [6, 6.07) is 0. The standard InChI is InChI=1S/C8H12N4O2/c1-2-5-12-10-6(9-11-12)8(3-4-8)7(13)14/h2-5H2,1H3,(H,13,14). The maximum atomic E-state index is 10.9. The Morgan fingerprint density at radius 2 is 2.36 bits per heavy atom. The average Bonchev–Trinajstić information content (AvgIpc) is 2.84. The van der Waals surface area contributed by atoms with E-state index in [0.717, 1.165) is 6.42 Å². The van der Waals surface area contributed by atoms with Crippen LogP contribution in [-0.2, 0) is 16.8 Å². The molecule has 0 atom stereocenters. The fraction of sp³-hybridized carbons (Fsp3) is 0.750. The van der Waals surface area contributed by atoms with Crippen LogP contribution in [0.2, 0.25) is 0 Å². The third-order valence-electron chi connectivity index (χ3n) is 2.46. The van der Waals surface area contributed by atoms with Crippen molar-refractivity contribution in [1.29, 1.82) is 0 Å². The molecule has 1 heterocycles. The van der Waals surface area contributed by atoms with Gasteiger partial charge in [0, 0.05) is 0 Å². The number of aryl methyl sites for hydroxylation is 1. The highest BCUT2D eigenvalue weighted by Gasteiger charge is 2.55. The number of carboxylic acid groups (broad SMARTS) is 1. The van der Waals surface area contributed by atoms with Gasteiger partial charge in [0.25, 0.3) is 0 Å². The molecule has 0 amide bonds. The van der Waals surface area contributed by atoms with Gasteiger partial charge in [0.15, 0.2) is 5.82 Å². The Morgan fingerprint density at radius 1 is 1.64 bits per heavy atom. The van der Waals surface area contributed by atoms with E-state index in [2.05, 4.69) is 15.4 Å². The summed E-state index contributed by atoms with van der Waals surface area (Å²) in [4.78, 5) is 12.4. The van der Waals surface area contributed by atoms with E-state index in [4.69, 9.17) is 5.11 Å². The number of nitrogens with zero attached hydrogens (tertiary/aromatic N) is 4. The number of aromatic nitrogens is 4. The van der Waals surface area contributed by atoms with E-state index < -0.39 is 11.4 Å². The summed E-state index contributed by atoms with van der Waals surface area (Å²) >= 11 is 0. The van der Waals surface area contributed by atoms with E-state index in [0.29, 0.717) is 25.2 Å². The van der Waals surface area contributed by atoms with Crippen LogP contribution >= 0.6 is 0 Å². The molecule has 0 unspecified atom stereocenters. The zero-order valence-electron chi connectivity index (χ0n) is 7.97. The number of carboxylic acids is 1. The third-order valence-corrected chi connectivity index (χ3v) is 2.46. The fourth-order valence-electron chi connectivity index (χ4n) is 1.39. The SMILES string of the molecule is CCCn1nnc(C2(C(=O)O)CC2)n1. The van der Waals surface area contributed by atoms with Gasteiger partial charge in [-0.3, -0.25) is 4.79 Å². The molecule has 1 fully saturated rings. The monoisotopic (exact) mass is 196 g/mol. The lowest BCUT2D eigenvalue weighted by molar-refractivity contribution is -0.140. The highest BCUT2D eigenvalue weighted by molar-refractivity contribution is 5.83. The predicted molar refractivity (Wildman–Crippen MR) is 46.7 cm³/mol. The molecule has 76 valence electrons. The number of hydrogen-bond acceptors (Lipinski definition) is 4. The van der Waals surface area contributed by atoms with Gasteiger partial charge >= 0.3 is 5.97 Å². The van der Waals surface area contributed by atoms with Gasteiger partial charge in [-0.25, -0.2) is 0 Å². The highest BCUT2D eigenvalue weighted by Crippen LogP contribution is 2.46. The van der Waals surface area contributed by atoms with Gasteiger partial charge in [0.05, 0.1) is 6.54 Å². The second-order valence-electron chi connectivity index (χ2n) is 3.60. The molecule has 1 aromatic rings. The minimum Gasteiger partial charge on any atom is -0.480 e.